The summed E-state index contributed by atoms with van der Waals surface area (Å²) < 4.78 is 7.89. The molecule has 0 spiro atoms. The number of aryl methyl sites for hydroxylation is 1. The summed E-state index contributed by atoms with van der Waals surface area (Å²) in [5.74, 6) is 1.01. The van der Waals surface area contributed by atoms with Crippen LogP contribution >= 0.6 is 0 Å². The van der Waals surface area contributed by atoms with Gasteiger partial charge in [-0.2, -0.15) is 0 Å². The molecule has 3 rings (SSSR count). The van der Waals surface area contributed by atoms with Gasteiger partial charge in [-0.05, 0) is 38.3 Å². The standard InChI is InChI=1S/C19H28N4O2/c1-3-14(17-10-7-13-25-17)22-19(24)20-12-11-18-21-15-8-5-6-9-16(15)23(18)4-2/h5-6,8-9,14,17H,3-4,7,10-13H2,1-2H3,(H2,20,22,24)/t14-,17+/m0/s1. The van der Waals surface area contributed by atoms with E-state index < -0.39 is 0 Å². The van der Waals surface area contributed by atoms with Crippen LogP contribution in [0, 0.1) is 0 Å². The lowest BCUT2D eigenvalue weighted by molar-refractivity contribution is 0.0797. The monoisotopic (exact) mass is 344 g/mol. The first kappa shape index (κ1) is 17.7. The minimum Gasteiger partial charge on any atom is -0.376 e. The number of ether oxygens (including phenoxy) is 1. The topological polar surface area (TPSA) is 68.2 Å². The maximum absolute atomic E-state index is 12.2. The summed E-state index contributed by atoms with van der Waals surface area (Å²) in [5, 5.41) is 6.00. The first-order valence-electron chi connectivity index (χ1n) is 9.33. The summed E-state index contributed by atoms with van der Waals surface area (Å²) in [6.07, 6.45) is 3.85. The van der Waals surface area contributed by atoms with Gasteiger partial charge in [-0.1, -0.05) is 19.1 Å². The number of nitrogens with one attached hydrogen (secondary N) is 2. The fourth-order valence-electron chi connectivity index (χ4n) is 3.55. The highest BCUT2D eigenvalue weighted by Gasteiger charge is 2.25. The molecule has 25 heavy (non-hydrogen) atoms. The molecule has 1 aromatic heterocycles. The van der Waals surface area contributed by atoms with E-state index >= 15 is 0 Å². The number of rotatable bonds is 7. The molecule has 2 atom stereocenters. The Morgan fingerprint density at radius 3 is 2.96 bits per heavy atom. The fourth-order valence-corrected chi connectivity index (χ4v) is 3.55. The van der Waals surface area contributed by atoms with Crippen LogP contribution in [-0.4, -0.2) is 40.9 Å². The molecule has 1 fully saturated rings. The van der Waals surface area contributed by atoms with Crippen molar-refractivity contribution in [3.8, 4) is 0 Å². The zero-order valence-electron chi connectivity index (χ0n) is 15.1. The van der Waals surface area contributed by atoms with Crippen molar-refractivity contribution in [3.05, 3.63) is 30.1 Å². The molecule has 1 aliphatic rings. The van der Waals surface area contributed by atoms with E-state index in [0.717, 1.165) is 49.3 Å². The number of carbonyl (C=O) groups is 1. The second-order valence-corrected chi connectivity index (χ2v) is 6.48. The number of benzene rings is 1. The van der Waals surface area contributed by atoms with E-state index in [4.69, 9.17) is 9.72 Å². The second-order valence-electron chi connectivity index (χ2n) is 6.48. The van der Waals surface area contributed by atoms with Gasteiger partial charge in [-0.15, -0.1) is 0 Å². The van der Waals surface area contributed by atoms with E-state index in [9.17, 15) is 4.79 Å². The molecule has 6 heteroatoms. The smallest absolute Gasteiger partial charge is 0.315 e. The predicted octanol–water partition coefficient (Wildman–Crippen LogP) is 2.86. The average Bonchev–Trinajstić information content (AvgIpc) is 3.27. The van der Waals surface area contributed by atoms with Gasteiger partial charge in [-0.3, -0.25) is 0 Å². The van der Waals surface area contributed by atoms with Crippen molar-refractivity contribution >= 4 is 17.1 Å². The van der Waals surface area contributed by atoms with Crippen molar-refractivity contribution < 1.29 is 9.53 Å². The number of hydrogen-bond donors (Lipinski definition) is 2. The van der Waals surface area contributed by atoms with Crippen molar-refractivity contribution in [1.29, 1.82) is 0 Å². The molecule has 2 heterocycles. The number of hydrogen-bond acceptors (Lipinski definition) is 3. The molecule has 2 aromatic rings. The van der Waals surface area contributed by atoms with Crippen LogP contribution < -0.4 is 10.6 Å². The number of para-hydroxylation sites is 2. The lowest BCUT2D eigenvalue weighted by Crippen LogP contribution is -2.47. The summed E-state index contributed by atoms with van der Waals surface area (Å²) in [5.41, 5.74) is 2.15. The summed E-state index contributed by atoms with van der Waals surface area (Å²) in [6.45, 7) is 6.44. The summed E-state index contributed by atoms with van der Waals surface area (Å²) in [4.78, 5) is 16.9. The third kappa shape index (κ3) is 4.12. The molecular formula is C19H28N4O2. The Morgan fingerprint density at radius 2 is 2.24 bits per heavy atom. The Hall–Kier alpha value is -2.08. The lowest BCUT2D eigenvalue weighted by Gasteiger charge is -2.23. The molecule has 1 saturated heterocycles. The van der Waals surface area contributed by atoms with Crippen LogP contribution in [0.15, 0.2) is 24.3 Å². The Bertz CT molecular complexity index is 707. The molecule has 1 aromatic carbocycles. The Morgan fingerprint density at radius 1 is 1.40 bits per heavy atom. The number of imidazole rings is 1. The SMILES string of the molecule is CC[C@H](NC(=O)NCCc1nc2ccccc2n1CC)[C@H]1CCCO1. The highest BCUT2D eigenvalue weighted by Crippen LogP contribution is 2.18. The maximum Gasteiger partial charge on any atom is 0.315 e. The largest absolute Gasteiger partial charge is 0.376 e. The van der Waals surface area contributed by atoms with E-state index in [1.807, 2.05) is 18.2 Å². The van der Waals surface area contributed by atoms with Gasteiger partial charge in [0.25, 0.3) is 0 Å². The van der Waals surface area contributed by atoms with Crippen molar-refractivity contribution in [2.75, 3.05) is 13.2 Å². The normalized spacial score (nSPS) is 18.4. The average molecular weight is 344 g/mol. The van der Waals surface area contributed by atoms with Gasteiger partial charge in [0, 0.05) is 26.1 Å². The van der Waals surface area contributed by atoms with Gasteiger partial charge in [0.15, 0.2) is 0 Å². The van der Waals surface area contributed by atoms with Gasteiger partial charge < -0.3 is 19.9 Å². The summed E-state index contributed by atoms with van der Waals surface area (Å²) in [6, 6.07) is 8.11. The minimum atomic E-state index is -0.124. The highest BCUT2D eigenvalue weighted by atomic mass is 16.5. The third-order valence-electron chi connectivity index (χ3n) is 4.85. The van der Waals surface area contributed by atoms with Gasteiger partial charge in [0.05, 0.1) is 23.2 Å². The van der Waals surface area contributed by atoms with Crippen molar-refractivity contribution in [2.24, 2.45) is 0 Å². The number of fused-ring (bicyclic) bond motifs is 1. The van der Waals surface area contributed by atoms with E-state index in [2.05, 4.69) is 35.1 Å². The molecule has 0 radical (unpaired) electrons. The molecule has 6 nitrogen and oxygen atoms in total. The van der Waals surface area contributed by atoms with Gasteiger partial charge in [-0.25, -0.2) is 9.78 Å². The number of aromatic nitrogens is 2. The van der Waals surface area contributed by atoms with Crippen LogP contribution in [0.1, 0.15) is 38.9 Å². The minimum absolute atomic E-state index is 0.0858. The highest BCUT2D eigenvalue weighted by molar-refractivity contribution is 5.76. The van der Waals surface area contributed by atoms with Gasteiger partial charge in [0.2, 0.25) is 0 Å². The molecule has 2 amide bonds. The van der Waals surface area contributed by atoms with Crippen molar-refractivity contribution in [3.63, 3.8) is 0 Å². The van der Waals surface area contributed by atoms with E-state index in [-0.39, 0.29) is 18.2 Å². The summed E-state index contributed by atoms with van der Waals surface area (Å²) in [7, 11) is 0. The van der Waals surface area contributed by atoms with E-state index in [1.165, 1.54) is 0 Å². The van der Waals surface area contributed by atoms with Crippen LogP contribution in [0.4, 0.5) is 4.79 Å². The molecule has 0 saturated carbocycles. The molecule has 0 unspecified atom stereocenters. The van der Waals surface area contributed by atoms with Crippen molar-refractivity contribution in [2.45, 2.75) is 58.2 Å². The Kier molecular flexibility index (Phi) is 5.91. The van der Waals surface area contributed by atoms with E-state index in [1.54, 1.807) is 0 Å². The maximum atomic E-state index is 12.2. The zero-order valence-corrected chi connectivity index (χ0v) is 15.1. The predicted molar refractivity (Wildman–Crippen MR) is 98.7 cm³/mol. The number of urea groups is 1. The zero-order chi connectivity index (χ0) is 17.6. The third-order valence-corrected chi connectivity index (χ3v) is 4.85. The Labute approximate surface area is 149 Å². The molecular weight excluding hydrogens is 316 g/mol. The first-order valence-corrected chi connectivity index (χ1v) is 9.33. The van der Waals surface area contributed by atoms with Crippen LogP contribution in [0.25, 0.3) is 11.0 Å². The number of carbonyl (C=O) groups excluding carboxylic acids is 1. The molecule has 2 N–H and O–H groups in total. The first-order chi connectivity index (χ1) is 12.2. The number of amides is 2. The lowest BCUT2D eigenvalue weighted by atomic mass is 10.1. The van der Waals surface area contributed by atoms with Crippen LogP contribution in [0.2, 0.25) is 0 Å². The van der Waals surface area contributed by atoms with Crippen molar-refractivity contribution in [1.82, 2.24) is 20.2 Å². The quantitative estimate of drug-likeness (QED) is 0.811. The molecule has 0 aliphatic carbocycles. The summed E-state index contributed by atoms with van der Waals surface area (Å²) >= 11 is 0. The molecule has 0 bridgehead atoms. The van der Waals surface area contributed by atoms with Gasteiger partial charge >= 0.3 is 6.03 Å². The van der Waals surface area contributed by atoms with Gasteiger partial charge in [0.1, 0.15) is 5.82 Å². The van der Waals surface area contributed by atoms with Crippen LogP contribution in [0.5, 0.6) is 0 Å². The molecule has 1 aliphatic heterocycles. The van der Waals surface area contributed by atoms with Crippen LogP contribution in [0.3, 0.4) is 0 Å². The second kappa shape index (κ2) is 8.34. The van der Waals surface area contributed by atoms with E-state index in [0.29, 0.717) is 13.0 Å². The molecule has 136 valence electrons. The fraction of sp³-hybridized carbons (Fsp3) is 0.579. The number of nitrogens with zero attached hydrogens (tertiary/aromatic N) is 2. The van der Waals surface area contributed by atoms with Crippen LogP contribution in [-0.2, 0) is 17.7 Å². The Balaban J connectivity index is 1.53.